The lowest BCUT2D eigenvalue weighted by Gasteiger charge is -2.43. The number of esters is 1. The molecule has 0 N–H and O–H groups in total. The van der Waals surface area contributed by atoms with Crippen molar-refractivity contribution in [2.45, 2.75) is 51.0 Å². The van der Waals surface area contributed by atoms with Crippen molar-refractivity contribution in [3.63, 3.8) is 0 Å². The number of ether oxygens (including phenoxy) is 4. The van der Waals surface area contributed by atoms with Gasteiger partial charge in [-0.1, -0.05) is 43.6 Å². The minimum absolute atomic E-state index is 0.0391. The van der Waals surface area contributed by atoms with Crippen LogP contribution in [0.3, 0.4) is 0 Å². The third-order valence-electron chi connectivity index (χ3n) is 3.74. The quantitative estimate of drug-likeness (QED) is 0.276. The summed E-state index contributed by atoms with van der Waals surface area (Å²) in [7, 11) is -1.63. The highest BCUT2D eigenvalue weighted by Gasteiger charge is 2.46. The average molecular weight is 391 g/mol. The van der Waals surface area contributed by atoms with Crippen molar-refractivity contribution in [1.82, 2.24) is 0 Å². The van der Waals surface area contributed by atoms with E-state index in [0.717, 1.165) is 0 Å². The van der Waals surface area contributed by atoms with Crippen molar-refractivity contribution in [3.05, 3.63) is 25.3 Å². The average Bonchev–Trinajstić information content (AvgIpc) is 2.60. The van der Waals surface area contributed by atoms with Crippen LogP contribution in [-0.4, -0.2) is 58.3 Å². The molecule has 1 fully saturated rings. The maximum absolute atomic E-state index is 11.2. The summed E-state index contributed by atoms with van der Waals surface area (Å²) in [6.07, 6.45) is 7.04. The summed E-state index contributed by atoms with van der Waals surface area (Å²) in [6, 6.07) is 0. The molecule has 0 unspecified atom stereocenters. The Hall–Kier alpha value is -1.83. The zero-order chi connectivity index (χ0) is 20.4. The molecular formula is C21H30O5Si. The van der Waals surface area contributed by atoms with Crippen LogP contribution < -0.4 is 0 Å². The third-order valence-corrected chi connectivity index (χ3v) is 4.64. The Labute approximate surface area is 164 Å². The second-order valence-corrected chi connectivity index (χ2v) is 12.0. The van der Waals surface area contributed by atoms with E-state index in [9.17, 15) is 4.79 Å². The van der Waals surface area contributed by atoms with Gasteiger partial charge in [-0.3, -0.25) is 4.79 Å². The van der Waals surface area contributed by atoms with Crippen LogP contribution in [0.25, 0.3) is 0 Å². The highest BCUT2D eigenvalue weighted by Crippen LogP contribution is 2.30. The van der Waals surface area contributed by atoms with Gasteiger partial charge in [-0.05, 0) is 0 Å². The molecule has 1 heterocycles. The molecule has 1 rings (SSSR count). The molecular weight excluding hydrogens is 360 g/mol. The van der Waals surface area contributed by atoms with Crippen molar-refractivity contribution in [2.75, 3.05) is 19.8 Å². The Morgan fingerprint density at radius 2 is 1.78 bits per heavy atom. The van der Waals surface area contributed by atoms with Crippen LogP contribution >= 0.6 is 0 Å². The zero-order valence-electron chi connectivity index (χ0n) is 16.7. The van der Waals surface area contributed by atoms with Gasteiger partial charge in [0.2, 0.25) is 0 Å². The van der Waals surface area contributed by atoms with Crippen molar-refractivity contribution >= 4 is 14.0 Å². The molecule has 0 aliphatic carbocycles. The fraction of sp³-hybridized carbons (Fsp3) is 0.571. The summed E-state index contributed by atoms with van der Waals surface area (Å²) in [5.41, 5.74) is 3.32. The molecule has 0 aromatic rings. The molecule has 1 aliphatic heterocycles. The van der Waals surface area contributed by atoms with Crippen LogP contribution in [0.1, 0.15) is 6.92 Å². The molecule has 27 heavy (non-hydrogen) atoms. The monoisotopic (exact) mass is 390 g/mol. The van der Waals surface area contributed by atoms with E-state index in [-0.39, 0.29) is 6.61 Å². The maximum atomic E-state index is 11.2. The summed E-state index contributed by atoms with van der Waals surface area (Å²) in [6.45, 7) is 15.8. The molecule has 0 bridgehead atoms. The summed E-state index contributed by atoms with van der Waals surface area (Å²) < 4.78 is 23.1. The van der Waals surface area contributed by atoms with Gasteiger partial charge in [0.05, 0.1) is 19.1 Å². The zero-order valence-corrected chi connectivity index (χ0v) is 17.7. The van der Waals surface area contributed by atoms with Crippen LogP contribution in [0.15, 0.2) is 25.3 Å². The van der Waals surface area contributed by atoms with Crippen molar-refractivity contribution in [2.24, 2.45) is 5.92 Å². The van der Waals surface area contributed by atoms with Crippen LogP contribution in [0.5, 0.6) is 0 Å². The van der Waals surface area contributed by atoms with Crippen molar-refractivity contribution in [3.8, 4) is 23.8 Å². The lowest BCUT2D eigenvalue weighted by atomic mass is 9.87. The van der Waals surface area contributed by atoms with Gasteiger partial charge in [0.1, 0.15) is 39.1 Å². The molecule has 5 atom stereocenters. The Morgan fingerprint density at radius 3 is 2.26 bits per heavy atom. The maximum Gasteiger partial charge on any atom is 0.302 e. The first-order chi connectivity index (χ1) is 12.7. The van der Waals surface area contributed by atoms with Crippen LogP contribution in [0, 0.1) is 29.7 Å². The first-order valence-electron chi connectivity index (χ1n) is 8.96. The van der Waals surface area contributed by atoms with Gasteiger partial charge in [0.15, 0.2) is 0 Å². The molecule has 148 valence electrons. The number of hydrogen-bond acceptors (Lipinski definition) is 5. The highest BCUT2D eigenvalue weighted by molar-refractivity contribution is 6.83. The summed E-state index contributed by atoms with van der Waals surface area (Å²) in [5.74, 6) is 5.07. The van der Waals surface area contributed by atoms with Crippen LogP contribution in [0.2, 0.25) is 19.6 Å². The molecule has 1 aliphatic rings. The molecule has 0 radical (unpaired) electrons. The van der Waals surface area contributed by atoms with E-state index >= 15 is 0 Å². The summed E-state index contributed by atoms with van der Waals surface area (Å²) >= 11 is 0. The molecule has 5 nitrogen and oxygen atoms in total. The first kappa shape index (κ1) is 23.2. The van der Waals surface area contributed by atoms with E-state index < -0.39 is 44.4 Å². The van der Waals surface area contributed by atoms with E-state index in [1.165, 1.54) is 6.92 Å². The SMILES string of the molecule is C#C[C@H]1[C@H](OCC=C)[C@@H](OCC=C)[C@@H](C#C[Si](C)(C)C)O[C@@H]1COC(C)=O. The predicted octanol–water partition coefficient (Wildman–Crippen LogP) is 2.59. The van der Waals surface area contributed by atoms with Gasteiger partial charge >= 0.3 is 5.97 Å². The standard InChI is InChI=1S/C21H30O5Si/c1-8-12-23-20-17(10-3)19(15-25-16(4)22)26-18(11-14-27(5,6)7)21(20)24-13-9-2/h3,8-9,17-21H,1-2,12-13,15H2,4-7H3/t17-,18-,19-,20+,21+/m1/s1. The summed E-state index contributed by atoms with van der Waals surface area (Å²) in [5, 5.41) is 0. The minimum Gasteiger partial charge on any atom is -0.463 e. The second-order valence-electron chi connectivity index (χ2n) is 7.28. The largest absolute Gasteiger partial charge is 0.463 e. The molecule has 0 aromatic carbocycles. The van der Waals surface area contributed by atoms with Gasteiger partial charge in [-0.25, -0.2) is 0 Å². The smallest absolute Gasteiger partial charge is 0.302 e. The lowest BCUT2D eigenvalue weighted by Crippen LogP contribution is -2.57. The number of carbonyl (C=O) groups is 1. The Kier molecular flexibility index (Phi) is 9.55. The van der Waals surface area contributed by atoms with E-state index in [4.69, 9.17) is 25.4 Å². The van der Waals surface area contributed by atoms with E-state index in [2.05, 4.69) is 50.2 Å². The van der Waals surface area contributed by atoms with Crippen molar-refractivity contribution < 1.29 is 23.7 Å². The van der Waals surface area contributed by atoms with E-state index in [1.54, 1.807) is 12.2 Å². The molecule has 0 amide bonds. The highest BCUT2D eigenvalue weighted by atomic mass is 28.3. The van der Waals surface area contributed by atoms with Gasteiger partial charge in [-0.2, -0.15) is 0 Å². The molecule has 0 aromatic heterocycles. The van der Waals surface area contributed by atoms with Gasteiger partial charge in [-0.15, -0.1) is 25.1 Å². The van der Waals surface area contributed by atoms with Crippen LogP contribution in [0.4, 0.5) is 0 Å². The number of terminal acetylenes is 1. The normalized spacial score (nSPS) is 27.6. The predicted molar refractivity (Wildman–Crippen MR) is 109 cm³/mol. The molecule has 1 saturated heterocycles. The fourth-order valence-electron chi connectivity index (χ4n) is 2.63. The Balaban J connectivity index is 3.22. The molecule has 0 saturated carbocycles. The van der Waals surface area contributed by atoms with Gasteiger partial charge < -0.3 is 18.9 Å². The first-order valence-corrected chi connectivity index (χ1v) is 12.5. The lowest BCUT2D eigenvalue weighted by molar-refractivity contribution is -0.207. The van der Waals surface area contributed by atoms with Gasteiger partial charge in [0, 0.05) is 6.92 Å². The molecule has 0 spiro atoms. The second kappa shape index (κ2) is 11.1. The van der Waals surface area contributed by atoms with E-state index in [1.807, 2.05) is 0 Å². The summed E-state index contributed by atoms with van der Waals surface area (Å²) in [4.78, 5) is 11.2. The van der Waals surface area contributed by atoms with Gasteiger partial charge in [0.25, 0.3) is 0 Å². The van der Waals surface area contributed by atoms with Crippen LogP contribution in [-0.2, 0) is 23.7 Å². The fourth-order valence-corrected chi connectivity index (χ4v) is 3.20. The third kappa shape index (κ3) is 7.74. The number of rotatable bonds is 8. The van der Waals surface area contributed by atoms with Crippen molar-refractivity contribution in [1.29, 1.82) is 0 Å². The number of hydrogen-bond donors (Lipinski definition) is 0. The Bertz CT molecular complexity index is 619. The minimum atomic E-state index is -1.63. The number of carbonyl (C=O) groups excluding carboxylic acids is 1. The van der Waals surface area contributed by atoms with E-state index in [0.29, 0.717) is 13.2 Å². The molecule has 6 heteroatoms. The topological polar surface area (TPSA) is 54.0 Å². The Morgan fingerprint density at radius 1 is 1.19 bits per heavy atom.